The van der Waals surface area contributed by atoms with Crippen molar-refractivity contribution in [2.75, 3.05) is 0 Å². The summed E-state index contributed by atoms with van der Waals surface area (Å²) in [6.07, 6.45) is 10.5. The summed E-state index contributed by atoms with van der Waals surface area (Å²) in [6.45, 7) is 3.75. The smallest absolute Gasteiger partial charge is 0.164 e. The molecule has 0 saturated heterocycles. The van der Waals surface area contributed by atoms with Crippen molar-refractivity contribution in [2.45, 2.75) is 5.41 Å². The van der Waals surface area contributed by atoms with E-state index in [1.165, 1.54) is 22.3 Å². The van der Waals surface area contributed by atoms with Gasteiger partial charge in [0.2, 0.25) is 0 Å². The second-order valence-corrected chi connectivity index (χ2v) is 15.2. The lowest BCUT2D eigenvalue weighted by Crippen LogP contribution is -2.32. The summed E-state index contributed by atoms with van der Waals surface area (Å²) in [5.41, 5.74) is 13.2. The molecule has 4 heterocycles. The first-order valence-electron chi connectivity index (χ1n) is 20.4. The maximum Gasteiger partial charge on any atom is 0.164 e. The van der Waals surface area contributed by atoms with Gasteiger partial charge < -0.3 is 4.74 Å². The lowest BCUT2D eigenvalue weighted by Gasteiger charge is -2.40. The minimum Gasteiger partial charge on any atom is -0.457 e. The van der Waals surface area contributed by atoms with E-state index in [2.05, 4.69) is 114 Å². The molecule has 11 rings (SSSR count). The first-order chi connectivity index (χ1) is 30.7. The summed E-state index contributed by atoms with van der Waals surface area (Å²) in [5, 5.41) is 0. The lowest BCUT2D eigenvalue weighted by molar-refractivity contribution is 0.436. The quantitative estimate of drug-likeness (QED) is 0.142. The summed E-state index contributed by atoms with van der Waals surface area (Å²) < 4.78 is 6.95. The van der Waals surface area contributed by atoms with Crippen molar-refractivity contribution >= 4 is 12.3 Å². The molecule has 6 aromatic carbocycles. The third-order valence-corrected chi connectivity index (χ3v) is 11.6. The number of aliphatic imine (C=N–C) groups is 1. The Bertz CT molecular complexity index is 3130. The Morgan fingerprint density at radius 1 is 0.484 bits per heavy atom. The largest absolute Gasteiger partial charge is 0.457 e. The molecule has 292 valence electrons. The van der Waals surface area contributed by atoms with Crippen molar-refractivity contribution in [3.05, 3.63) is 229 Å². The SMILES string of the molecule is C=C/C=N\C=C\c1cc(-c2ccc3c(c2)C2(c4cc(-c5nc(-c6ccccc6)nc(-c6ccccc6)n5)ccc4O3)c3ccccc3-c3ccccc32)cc(-c2cccnc2)n1. The fourth-order valence-electron chi connectivity index (χ4n) is 8.86. The van der Waals surface area contributed by atoms with Crippen molar-refractivity contribution in [1.29, 1.82) is 0 Å². The number of ether oxygens (including phenoxy) is 1. The zero-order valence-electron chi connectivity index (χ0n) is 33.4. The van der Waals surface area contributed by atoms with Crippen LogP contribution < -0.4 is 4.74 Å². The highest BCUT2D eigenvalue weighted by Gasteiger charge is 2.51. The van der Waals surface area contributed by atoms with Crippen LogP contribution in [0.3, 0.4) is 0 Å². The van der Waals surface area contributed by atoms with Crippen LogP contribution in [0.4, 0.5) is 0 Å². The maximum atomic E-state index is 6.95. The highest BCUT2D eigenvalue weighted by atomic mass is 16.5. The normalized spacial score (nSPS) is 13.0. The molecule has 7 nitrogen and oxygen atoms in total. The molecule has 0 N–H and O–H groups in total. The van der Waals surface area contributed by atoms with Gasteiger partial charge in [0.15, 0.2) is 17.5 Å². The van der Waals surface area contributed by atoms with Crippen molar-refractivity contribution in [1.82, 2.24) is 24.9 Å². The Morgan fingerprint density at radius 2 is 1.05 bits per heavy atom. The third-order valence-electron chi connectivity index (χ3n) is 11.6. The average Bonchev–Trinajstić information content (AvgIpc) is 3.64. The minimum atomic E-state index is -0.749. The van der Waals surface area contributed by atoms with E-state index < -0.39 is 5.41 Å². The molecule has 0 saturated carbocycles. The Hall–Kier alpha value is -8.42. The monoisotopic (exact) mass is 796 g/mol. The number of hydrogen-bond donors (Lipinski definition) is 0. The number of nitrogens with zero attached hydrogens (tertiary/aromatic N) is 6. The van der Waals surface area contributed by atoms with Crippen molar-refractivity contribution < 1.29 is 4.74 Å². The molecule has 1 aliphatic carbocycles. The van der Waals surface area contributed by atoms with E-state index in [0.717, 1.165) is 67.4 Å². The summed E-state index contributed by atoms with van der Waals surface area (Å²) in [7, 11) is 0. The van der Waals surface area contributed by atoms with E-state index in [4.69, 9.17) is 24.7 Å². The Kier molecular flexibility index (Phi) is 9.05. The zero-order valence-corrected chi connectivity index (χ0v) is 33.4. The van der Waals surface area contributed by atoms with Crippen LogP contribution in [0.25, 0.3) is 73.8 Å². The fourth-order valence-corrected chi connectivity index (χ4v) is 8.86. The van der Waals surface area contributed by atoms with Crippen molar-refractivity contribution in [3.8, 4) is 79.2 Å². The topological polar surface area (TPSA) is 86.0 Å². The summed E-state index contributed by atoms with van der Waals surface area (Å²) in [5.74, 6) is 3.35. The Balaban J connectivity index is 1.14. The van der Waals surface area contributed by atoms with E-state index in [1.807, 2.05) is 85.1 Å². The van der Waals surface area contributed by atoms with Gasteiger partial charge in [-0.05, 0) is 94.1 Å². The van der Waals surface area contributed by atoms with Gasteiger partial charge in [0.1, 0.15) is 11.5 Å². The van der Waals surface area contributed by atoms with Crippen LogP contribution in [-0.4, -0.2) is 31.1 Å². The van der Waals surface area contributed by atoms with Gasteiger partial charge in [-0.1, -0.05) is 128 Å². The van der Waals surface area contributed by atoms with Gasteiger partial charge in [0.25, 0.3) is 0 Å². The highest BCUT2D eigenvalue weighted by molar-refractivity contribution is 5.90. The molecule has 0 fully saturated rings. The number of allylic oxidation sites excluding steroid dienone is 1. The van der Waals surface area contributed by atoms with Gasteiger partial charge in [0.05, 0.1) is 16.8 Å². The molecule has 62 heavy (non-hydrogen) atoms. The molecule has 2 aliphatic rings. The highest BCUT2D eigenvalue weighted by Crippen LogP contribution is 2.62. The van der Waals surface area contributed by atoms with Crippen LogP contribution in [-0.2, 0) is 5.41 Å². The van der Waals surface area contributed by atoms with E-state index in [-0.39, 0.29) is 0 Å². The van der Waals surface area contributed by atoms with Gasteiger partial charge in [-0.2, -0.15) is 0 Å². The molecule has 0 amide bonds. The second-order valence-electron chi connectivity index (χ2n) is 15.2. The van der Waals surface area contributed by atoms with Crippen LogP contribution in [0.15, 0.2) is 206 Å². The molecule has 9 aromatic rings. The molecule has 0 unspecified atom stereocenters. The average molecular weight is 797 g/mol. The molecule has 0 atom stereocenters. The molecule has 7 heteroatoms. The first-order valence-corrected chi connectivity index (χ1v) is 20.4. The van der Waals surface area contributed by atoms with Crippen molar-refractivity contribution in [2.24, 2.45) is 4.99 Å². The number of pyridine rings is 2. The van der Waals surface area contributed by atoms with Crippen LogP contribution in [0.5, 0.6) is 11.5 Å². The summed E-state index contributed by atoms with van der Waals surface area (Å²) in [4.78, 5) is 29.0. The Labute approximate surface area is 359 Å². The minimum absolute atomic E-state index is 0.576. The number of aromatic nitrogens is 5. The predicted molar refractivity (Wildman–Crippen MR) is 248 cm³/mol. The van der Waals surface area contributed by atoms with Gasteiger partial charge in [0, 0.05) is 58.2 Å². The molecule has 0 radical (unpaired) electrons. The second kappa shape index (κ2) is 15.3. The molecule has 3 aromatic heterocycles. The molecule has 1 spiro atoms. The van der Waals surface area contributed by atoms with Crippen LogP contribution in [0.1, 0.15) is 27.9 Å². The number of fused-ring (bicyclic) bond motifs is 9. The number of rotatable bonds is 8. The number of hydrogen-bond acceptors (Lipinski definition) is 7. The first kappa shape index (κ1) is 36.6. The third kappa shape index (κ3) is 6.23. The van der Waals surface area contributed by atoms with Crippen LogP contribution in [0.2, 0.25) is 0 Å². The zero-order chi connectivity index (χ0) is 41.5. The van der Waals surface area contributed by atoms with E-state index in [1.54, 1.807) is 24.7 Å². The predicted octanol–water partition coefficient (Wildman–Crippen LogP) is 12.7. The van der Waals surface area contributed by atoms with Gasteiger partial charge in [-0.3, -0.25) is 9.98 Å². The van der Waals surface area contributed by atoms with E-state index in [0.29, 0.717) is 17.5 Å². The lowest BCUT2D eigenvalue weighted by atomic mass is 9.65. The number of benzene rings is 6. The van der Waals surface area contributed by atoms with Gasteiger partial charge >= 0.3 is 0 Å². The van der Waals surface area contributed by atoms with Gasteiger partial charge in [-0.25, -0.2) is 19.9 Å². The fraction of sp³-hybridized carbons (Fsp3) is 0.0182. The standard InChI is InChI=1S/C55H36N6O/c1-2-28-56-30-27-42-31-41(34-49(58-42)40-18-13-29-57-35-40)38-23-25-50-47(32-38)55(45-21-11-9-19-43(45)44-20-10-12-22-46(44)55)48-33-39(24-26-51(48)62-50)54-60-52(36-14-5-3-6-15-36)59-53(61-54)37-16-7-4-8-17-37/h2-35H,1H2/b30-27+,56-28-. The van der Waals surface area contributed by atoms with E-state index >= 15 is 0 Å². The van der Waals surface area contributed by atoms with Crippen LogP contribution >= 0.6 is 0 Å². The van der Waals surface area contributed by atoms with Crippen LogP contribution in [0, 0.1) is 0 Å². The Morgan fingerprint density at radius 3 is 1.66 bits per heavy atom. The van der Waals surface area contributed by atoms with Crippen molar-refractivity contribution in [3.63, 3.8) is 0 Å². The molecule has 0 bridgehead atoms. The maximum absolute atomic E-state index is 6.95. The summed E-state index contributed by atoms with van der Waals surface area (Å²) >= 11 is 0. The summed E-state index contributed by atoms with van der Waals surface area (Å²) in [6, 6.07) is 58.7. The van der Waals surface area contributed by atoms with Gasteiger partial charge in [-0.15, -0.1) is 0 Å². The molecular weight excluding hydrogens is 761 g/mol. The van der Waals surface area contributed by atoms with E-state index in [9.17, 15) is 0 Å². The molecular formula is C55H36N6O. The molecule has 1 aliphatic heterocycles.